The molecule has 0 spiro atoms. The quantitative estimate of drug-likeness (QED) is 0.302. The number of benzene rings is 1. The van der Waals surface area contributed by atoms with Gasteiger partial charge in [0.25, 0.3) is 0 Å². The zero-order valence-corrected chi connectivity index (χ0v) is 16.7. The van der Waals surface area contributed by atoms with Crippen molar-refractivity contribution in [1.29, 1.82) is 0 Å². The van der Waals surface area contributed by atoms with Crippen LogP contribution in [0.5, 0.6) is 28.7 Å². The molecule has 5 heteroatoms. The molecule has 0 heterocycles. The third-order valence-corrected chi connectivity index (χ3v) is 4.15. The minimum atomic E-state index is -0.0960. The Morgan fingerprint density at radius 3 is 1.62 bits per heavy atom. The summed E-state index contributed by atoms with van der Waals surface area (Å²) < 4.78 is 17.1. The zero-order valence-electron chi connectivity index (χ0n) is 16.7. The normalized spacial score (nSPS) is 10.7. The second-order valence-electron chi connectivity index (χ2n) is 6.57. The van der Waals surface area contributed by atoms with Gasteiger partial charge in [0.05, 0.1) is 19.8 Å². The first-order valence-electron chi connectivity index (χ1n) is 10.1. The molecule has 2 N–H and O–H groups in total. The van der Waals surface area contributed by atoms with Crippen LogP contribution in [0.15, 0.2) is 6.07 Å². The van der Waals surface area contributed by atoms with Crippen molar-refractivity contribution in [3.8, 4) is 28.7 Å². The van der Waals surface area contributed by atoms with E-state index < -0.39 is 0 Å². The van der Waals surface area contributed by atoms with Crippen molar-refractivity contribution >= 4 is 0 Å². The molecule has 0 aliphatic carbocycles. The molecular weight excluding hydrogens is 332 g/mol. The smallest absolute Gasteiger partial charge is 0.211 e. The minimum absolute atomic E-state index is 0.0599. The maximum Gasteiger partial charge on any atom is 0.211 e. The molecule has 0 saturated heterocycles. The molecule has 5 nitrogen and oxygen atoms in total. The number of phenolic OH excluding ortho intramolecular Hbond substituents is 2. The number of hydrogen-bond donors (Lipinski definition) is 2. The number of ether oxygens (including phenoxy) is 3. The van der Waals surface area contributed by atoms with E-state index in [9.17, 15) is 10.2 Å². The summed E-state index contributed by atoms with van der Waals surface area (Å²) >= 11 is 0. The fourth-order valence-electron chi connectivity index (χ4n) is 2.56. The lowest BCUT2D eigenvalue weighted by Gasteiger charge is -2.18. The first kappa shape index (κ1) is 22.3. The highest BCUT2D eigenvalue weighted by Gasteiger charge is 2.21. The van der Waals surface area contributed by atoms with Gasteiger partial charge in [0.1, 0.15) is 0 Å². The number of hydrogen-bond acceptors (Lipinski definition) is 5. The fraction of sp³-hybridized carbons (Fsp3) is 0.714. The van der Waals surface area contributed by atoms with Gasteiger partial charge in [-0.2, -0.15) is 0 Å². The van der Waals surface area contributed by atoms with Crippen LogP contribution in [0.4, 0.5) is 0 Å². The maximum atomic E-state index is 10.6. The Balaban J connectivity index is 2.88. The highest BCUT2D eigenvalue weighted by atomic mass is 16.5. The fourth-order valence-corrected chi connectivity index (χ4v) is 2.56. The van der Waals surface area contributed by atoms with Crippen molar-refractivity contribution in [2.75, 3.05) is 19.8 Å². The Bertz CT molecular complexity index is 502. The summed E-state index contributed by atoms with van der Waals surface area (Å²) in [5.41, 5.74) is 0. The van der Waals surface area contributed by atoms with Gasteiger partial charge in [0, 0.05) is 6.07 Å². The molecule has 0 fully saturated rings. The SMILES string of the molecule is CCCCCOc1cc(O)c(OCCCCC)c(OCCCCC)c1O. The molecule has 0 saturated carbocycles. The zero-order chi connectivity index (χ0) is 19.2. The minimum Gasteiger partial charge on any atom is -0.504 e. The molecule has 0 aromatic heterocycles. The predicted octanol–water partition coefficient (Wildman–Crippen LogP) is 5.80. The van der Waals surface area contributed by atoms with Gasteiger partial charge in [-0.05, 0) is 19.3 Å². The number of phenols is 2. The van der Waals surface area contributed by atoms with E-state index in [0.717, 1.165) is 57.8 Å². The van der Waals surface area contributed by atoms with E-state index in [1.165, 1.54) is 6.07 Å². The topological polar surface area (TPSA) is 68.2 Å². The van der Waals surface area contributed by atoms with E-state index in [0.29, 0.717) is 19.8 Å². The van der Waals surface area contributed by atoms with Gasteiger partial charge in [-0.1, -0.05) is 59.3 Å². The molecule has 0 unspecified atom stereocenters. The number of unbranched alkanes of at least 4 members (excludes halogenated alkanes) is 6. The lowest BCUT2D eigenvalue weighted by atomic mass is 10.2. The number of rotatable bonds is 15. The molecular formula is C21H36O5. The number of aromatic hydroxyl groups is 2. The maximum absolute atomic E-state index is 10.6. The average Bonchev–Trinajstić information content (AvgIpc) is 2.64. The van der Waals surface area contributed by atoms with Gasteiger partial charge >= 0.3 is 0 Å². The summed E-state index contributed by atoms with van der Waals surface area (Å²) in [7, 11) is 0. The summed E-state index contributed by atoms with van der Waals surface area (Å²) in [5.74, 6) is 0.473. The van der Waals surface area contributed by atoms with Crippen molar-refractivity contribution < 1.29 is 24.4 Å². The largest absolute Gasteiger partial charge is 0.504 e. The van der Waals surface area contributed by atoms with Gasteiger partial charge in [-0.15, -0.1) is 0 Å². The molecule has 1 aromatic rings. The predicted molar refractivity (Wildman–Crippen MR) is 105 cm³/mol. The summed E-state index contributed by atoms with van der Waals surface area (Å²) in [6.45, 7) is 7.80. The van der Waals surface area contributed by atoms with Crippen LogP contribution in [-0.2, 0) is 0 Å². The van der Waals surface area contributed by atoms with Crippen LogP contribution in [0, 0.1) is 0 Å². The van der Waals surface area contributed by atoms with E-state index in [2.05, 4.69) is 20.8 Å². The lowest BCUT2D eigenvalue weighted by molar-refractivity contribution is 0.231. The van der Waals surface area contributed by atoms with E-state index in [4.69, 9.17) is 14.2 Å². The highest BCUT2D eigenvalue weighted by Crippen LogP contribution is 2.49. The van der Waals surface area contributed by atoms with Crippen LogP contribution >= 0.6 is 0 Å². The van der Waals surface area contributed by atoms with Gasteiger partial charge < -0.3 is 24.4 Å². The summed E-state index contributed by atoms with van der Waals surface area (Å²) in [5, 5.41) is 20.9. The molecule has 0 aliphatic rings. The van der Waals surface area contributed by atoms with Gasteiger partial charge in [-0.3, -0.25) is 0 Å². The second-order valence-corrected chi connectivity index (χ2v) is 6.57. The monoisotopic (exact) mass is 368 g/mol. The molecule has 0 aliphatic heterocycles. The average molecular weight is 369 g/mol. The van der Waals surface area contributed by atoms with Gasteiger partial charge in [0.15, 0.2) is 11.5 Å². The standard InChI is InChI=1S/C21H36O5/c1-4-7-10-13-24-18-16-17(22)20(25-14-11-8-5-2)21(19(18)23)26-15-12-9-6-3/h16,22-23H,4-15H2,1-3H3. The molecule has 0 radical (unpaired) electrons. The molecule has 0 atom stereocenters. The Kier molecular flexibility index (Phi) is 11.5. The van der Waals surface area contributed by atoms with Crippen molar-refractivity contribution in [3.63, 3.8) is 0 Å². The van der Waals surface area contributed by atoms with Gasteiger partial charge in [-0.25, -0.2) is 0 Å². The molecule has 1 aromatic carbocycles. The third kappa shape index (κ3) is 7.63. The van der Waals surface area contributed by atoms with Crippen molar-refractivity contribution in [1.82, 2.24) is 0 Å². The summed E-state index contributed by atoms with van der Waals surface area (Å²) in [6, 6.07) is 1.41. The van der Waals surface area contributed by atoms with E-state index >= 15 is 0 Å². The van der Waals surface area contributed by atoms with Crippen molar-refractivity contribution in [2.45, 2.75) is 78.6 Å². The molecule has 0 bridgehead atoms. The second kappa shape index (κ2) is 13.4. The molecule has 0 amide bonds. The van der Waals surface area contributed by atoms with Crippen LogP contribution in [0.3, 0.4) is 0 Å². The summed E-state index contributed by atoms with van der Waals surface area (Å²) in [4.78, 5) is 0. The van der Waals surface area contributed by atoms with Crippen LogP contribution in [0.25, 0.3) is 0 Å². The van der Waals surface area contributed by atoms with Crippen LogP contribution in [0.2, 0.25) is 0 Å². The van der Waals surface area contributed by atoms with E-state index in [1.54, 1.807) is 0 Å². The Labute approximate surface area is 158 Å². The van der Waals surface area contributed by atoms with Crippen LogP contribution in [-0.4, -0.2) is 30.0 Å². The van der Waals surface area contributed by atoms with Gasteiger partial charge in [0.2, 0.25) is 17.2 Å². The van der Waals surface area contributed by atoms with E-state index in [-0.39, 0.29) is 28.7 Å². The molecule has 150 valence electrons. The summed E-state index contributed by atoms with van der Waals surface area (Å²) in [6.07, 6.45) is 9.11. The van der Waals surface area contributed by atoms with Crippen LogP contribution in [0.1, 0.15) is 78.6 Å². The highest BCUT2D eigenvalue weighted by molar-refractivity contribution is 5.64. The Hall–Kier alpha value is -1.78. The molecule has 1 rings (SSSR count). The van der Waals surface area contributed by atoms with E-state index in [1.807, 2.05) is 0 Å². The lowest BCUT2D eigenvalue weighted by Crippen LogP contribution is -2.05. The van der Waals surface area contributed by atoms with Crippen molar-refractivity contribution in [2.24, 2.45) is 0 Å². The Morgan fingerprint density at radius 1 is 0.654 bits per heavy atom. The third-order valence-electron chi connectivity index (χ3n) is 4.15. The Morgan fingerprint density at radius 2 is 1.12 bits per heavy atom. The van der Waals surface area contributed by atoms with Crippen LogP contribution < -0.4 is 14.2 Å². The first-order valence-corrected chi connectivity index (χ1v) is 10.1. The van der Waals surface area contributed by atoms with Crippen molar-refractivity contribution in [3.05, 3.63) is 6.07 Å². The first-order chi connectivity index (χ1) is 12.7. The molecule has 26 heavy (non-hydrogen) atoms.